The van der Waals surface area contributed by atoms with Crippen LogP contribution in [0.25, 0.3) is 5.69 Å². The fourth-order valence-electron chi connectivity index (χ4n) is 2.54. The van der Waals surface area contributed by atoms with Gasteiger partial charge in [0.1, 0.15) is 11.7 Å². The number of anilines is 1. The van der Waals surface area contributed by atoms with Crippen molar-refractivity contribution in [2.45, 2.75) is 40.0 Å². The molecule has 0 atom stereocenters. The van der Waals surface area contributed by atoms with Crippen LogP contribution in [-0.4, -0.2) is 45.5 Å². The third-order valence-electron chi connectivity index (χ3n) is 4.21. The minimum atomic E-state index is -0.288. The van der Waals surface area contributed by atoms with E-state index in [1.807, 2.05) is 44.2 Å². The van der Waals surface area contributed by atoms with Gasteiger partial charge in [-0.1, -0.05) is 38.5 Å². The number of nitrogens with zero attached hydrogens (tertiary/aromatic N) is 3. The number of aryl methyl sites for hydroxylation is 1. The topological polar surface area (TPSA) is 67.2 Å². The van der Waals surface area contributed by atoms with E-state index in [9.17, 15) is 9.59 Å². The molecule has 1 aromatic heterocycles. The third kappa shape index (κ3) is 5.32. The Morgan fingerprint density at radius 3 is 2.37 bits per heavy atom. The van der Waals surface area contributed by atoms with Gasteiger partial charge in [0.2, 0.25) is 11.8 Å². The van der Waals surface area contributed by atoms with E-state index in [0.717, 1.165) is 16.9 Å². The molecule has 27 heavy (non-hydrogen) atoms. The second kappa shape index (κ2) is 8.57. The summed E-state index contributed by atoms with van der Waals surface area (Å²) in [7, 11) is 0. The van der Waals surface area contributed by atoms with Crippen LogP contribution in [-0.2, 0) is 15.0 Å². The predicted molar refractivity (Wildman–Crippen MR) is 109 cm³/mol. The zero-order chi connectivity index (χ0) is 20.2. The monoisotopic (exact) mass is 390 g/mol. The van der Waals surface area contributed by atoms with Crippen molar-refractivity contribution in [1.29, 1.82) is 0 Å². The molecule has 2 amide bonds. The maximum absolute atomic E-state index is 12.5. The van der Waals surface area contributed by atoms with E-state index in [-0.39, 0.29) is 29.7 Å². The molecule has 0 saturated heterocycles. The van der Waals surface area contributed by atoms with E-state index in [4.69, 9.17) is 11.6 Å². The summed E-state index contributed by atoms with van der Waals surface area (Å²) >= 11 is 5.60. The van der Waals surface area contributed by atoms with Gasteiger partial charge >= 0.3 is 0 Å². The normalized spacial score (nSPS) is 11.3. The number of likely N-dealkylation sites (N-methyl/N-ethyl adjacent to an activating group) is 1. The molecule has 1 N–H and O–H groups in total. The van der Waals surface area contributed by atoms with Crippen LogP contribution < -0.4 is 5.32 Å². The van der Waals surface area contributed by atoms with Crippen LogP contribution in [0.1, 0.15) is 39.0 Å². The molecule has 0 aliphatic carbocycles. The lowest BCUT2D eigenvalue weighted by Crippen LogP contribution is -2.38. The van der Waals surface area contributed by atoms with Crippen molar-refractivity contribution in [1.82, 2.24) is 14.7 Å². The molecule has 6 nitrogen and oxygen atoms in total. The minimum Gasteiger partial charge on any atom is -0.333 e. The molecule has 0 spiro atoms. The maximum Gasteiger partial charge on any atom is 0.245 e. The van der Waals surface area contributed by atoms with Gasteiger partial charge in [-0.2, -0.15) is 5.10 Å². The Morgan fingerprint density at radius 1 is 1.22 bits per heavy atom. The number of alkyl halides is 1. The van der Waals surface area contributed by atoms with E-state index < -0.39 is 0 Å². The first kappa shape index (κ1) is 21.0. The number of carbonyl (C=O) groups is 2. The highest BCUT2D eigenvalue weighted by Gasteiger charge is 2.22. The second-order valence-corrected chi connectivity index (χ2v) is 7.77. The molecule has 2 rings (SSSR count). The largest absolute Gasteiger partial charge is 0.333 e. The average molecular weight is 391 g/mol. The first-order chi connectivity index (χ1) is 12.7. The Morgan fingerprint density at radius 2 is 1.85 bits per heavy atom. The lowest BCUT2D eigenvalue weighted by Gasteiger charge is -2.19. The van der Waals surface area contributed by atoms with Crippen molar-refractivity contribution < 1.29 is 9.59 Å². The van der Waals surface area contributed by atoms with Gasteiger partial charge in [0.15, 0.2) is 0 Å². The van der Waals surface area contributed by atoms with Gasteiger partial charge in [-0.05, 0) is 26.0 Å². The fraction of sp³-hybridized carbons (Fsp3) is 0.450. The summed E-state index contributed by atoms with van der Waals surface area (Å²) < 4.78 is 1.72. The number of halogens is 1. The first-order valence-electron chi connectivity index (χ1n) is 8.97. The Kier molecular flexibility index (Phi) is 6.65. The molecule has 2 aromatic rings. The van der Waals surface area contributed by atoms with Crippen molar-refractivity contribution in [2.75, 3.05) is 24.3 Å². The molecule has 0 saturated carbocycles. The number of hydrogen-bond donors (Lipinski definition) is 1. The molecule has 0 radical (unpaired) electrons. The van der Waals surface area contributed by atoms with E-state index in [1.165, 1.54) is 4.90 Å². The average Bonchev–Trinajstić information content (AvgIpc) is 3.03. The summed E-state index contributed by atoms with van der Waals surface area (Å²) in [6.07, 6.45) is 0. The molecule has 146 valence electrons. The summed E-state index contributed by atoms with van der Waals surface area (Å²) in [4.78, 5) is 25.7. The van der Waals surface area contributed by atoms with E-state index in [1.54, 1.807) is 4.68 Å². The summed E-state index contributed by atoms with van der Waals surface area (Å²) in [6.45, 7) is 10.4. The molecule has 0 unspecified atom stereocenters. The Hall–Kier alpha value is -2.34. The zero-order valence-electron chi connectivity index (χ0n) is 16.5. The van der Waals surface area contributed by atoms with Gasteiger partial charge in [0.25, 0.3) is 0 Å². The molecule has 0 aliphatic heterocycles. The van der Waals surface area contributed by atoms with Crippen LogP contribution in [0.5, 0.6) is 0 Å². The smallest absolute Gasteiger partial charge is 0.245 e. The summed E-state index contributed by atoms with van der Waals surface area (Å²) in [6, 6.07) is 9.78. The summed E-state index contributed by atoms with van der Waals surface area (Å²) in [5.41, 5.74) is 2.70. The number of rotatable bonds is 6. The molecule has 1 aromatic carbocycles. The zero-order valence-corrected chi connectivity index (χ0v) is 17.3. The van der Waals surface area contributed by atoms with Crippen LogP contribution in [0.3, 0.4) is 0 Å². The molecular formula is C20H27ClN4O2. The second-order valence-electron chi connectivity index (χ2n) is 7.50. The van der Waals surface area contributed by atoms with Crippen molar-refractivity contribution in [2.24, 2.45) is 0 Å². The summed E-state index contributed by atoms with van der Waals surface area (Å²) in [5, 5.41) is 7.57. The minimum absolute atomic E-state index is 0.0496. The van der Waals surface area contributed by atoms with E-state index in [0.29, 0.717) is 12.4 Å². The van der Waals surface area contributed by atoms with Crippen LogP contribution in [0, 0.1) is 6.92 Å². The molecule has 0 fully saturated rings. The molecule has 0 aliphatic rings. The lowest BCUT2D eigenvalue weighted by atomic mass is 9.92. The van der Waals surface area contributed by atoms with Crippen LogP contribution in [0.15, 0.2) is 30.3 Å². The van der Waals surface area contributed by atoms with E-state index >= 15 is 0 Å². The van der Waals surface area contributed by atoms with Gasteiger partial charge in [0.05, 0.1) is 17.9 Å². The summed E-state index contributed by atoms with van der Waals surface area (Å²) in [5.74, 6) is -0.125. The van der Waals surface area contributed by atoms with Gasteiger partial charge in [-0.15, -0.1) is 11.6 Å². The highest BCUT2D eigenvalue weighted by atomic mass is 35.5. The number of aromatic nitrogens is 2. The molecular weight excluding hydrogens is 364 g/mol. The highest BCUT2D eigenvalue weighted by Crippen LogP contribution is 2.26. The number of hydrogen-bond acceptors (Lipinski definition) is 3. The fourth-order valence-corrected chi connectivity index (χ4v) is 2.71. The number of benzene rings is 1. The number of carbonyl (C=O) groups excluding carboxylic acids is 2. The molecule has 1 heterocycles. The van der Waals surface area contributed by atoms with Gasteiger partial charge in [0, 0.05) is 18.0 Å². The van der Waals surface area contributed by atoms with Gasteiger partial charge < -0.3 is 10.2 Å². The predicted octanol–water partition coefficient (Wildman–Crippen LogP) is 3.50. The first-order valence-corrected chi connectivity index (χ1v) is 9.50. The van der Waals surface area contributed by atoms with Crippen LogP contribution >= 0.6 is 11.6 Å². The van der Waals surface area contributed by atoms with Gasteiger partial charge in [-0.3, -0.25) is 9.59 Å². The third-order valence-corrected chi connectivity index (χ3v) is 4.44. The number of amides is 2. The van der Waals surface area contributed by atoms with Gasteiger partial charge in [-0.25, -0.2) is 4.68 Å². The standard InChI is InChI=1S/C20H27ClN4O2/c1-6-24(19(27)12-21)13-18(26)22-17-11-16(20(3,4)5)23-25(17)15-9-7-14(2)8-10-15/h7-11H,6,12-13H2,1-5H3,(H,22,26). The SMILES string of the molecule is CCN(CC(=O)Nc1cc(C(C)(C)C)nn1-c1ccc(C)cc1)C(=O)CCl. The lowest BCUT2D eigenvalue weighted by molar-refractivity contribution is -0.132. The van der Waals surface area contributed by atoms with Crippen molar-refractivity contribution in [3.8, 4) is 5.69 Å². The quantitative estimate of drug-likeness (QED) is 0.767. The Bertz CT molecular complexity index is 806. The molecule has 7 heteroatoms. The van der Waals surface area contributed by atoms with Crippen molar-refractivity contribution in [3.63, 3.8) is 0 Å². The number of nitrogens with one attached hydrogen (secondary N) is 1. The maximum atomic E-state index is 12.5. The highest BCUT2D eigenvalue weighted by molar-refractivity contribution is 6.27. The van der Waals surface area contributed by atoms with Crippen molar-refractivity contribution >= 4 is 29.2 Å². The molecule has 0 bridgehead atoms. The van der Waals surface area contributed by atoms with Crippen molar-refractivity contribution in [3.05, 3.63) is 41.6 Å². The van der Waals surface area contributed by atoms with Crippen LogP contribution in [0.2, 0.25) is 0 Å². The Labute approximate surface area is 165 Å². The van der Waals surface area contributed by atoms with Crippen LogP contribution in [0.4, 0.5) is 5.82 Å². The Balaban J connectivity index is 2.31. The van der Waals surface area contributed by atoms with E-state index in [2.05, 4.69) is 31.2 Å².